The van der Waals surface area contributed by atoms with Crippen molar-refractivity contribution in [1.82, 2.24) is 0 Å². The summed E-state index contributed by atoms with van der Waals surface area (Å²) in [7, 11) is 0. The maximum absolute atomic E-state index is 5.94. The van der Waals surface area contributed by atoms with Crippen LogP contribution in [0, 0.1) is 0 Å². The third-order valence-corrected chi connectivity index (χ3v) is 3.03. The predicted molar refractivity (Wildman–Crippen MR) is 66.8 cm³/mol. The number of nitrogens with one attached hydrogen (secondary N) is 1. The van der Waals surface area contributed by atoms with Gasteiger partial charge in [0.2, 0.25) is 0 Å². The summed E-state index contributed by atoms with van der Waals surface area (Å²) in [5.41, 5.74) is 2.45. The van der Waals surface area contributed by atoms with Crippen molar-refractivity contribution in [2.45, 2.75) is 26.2 Å². The SMILES string of the molecule is CCCCCN1CNc2cc(Cl)ccc21. The Morgan fingerprint density at radius 3 is 3.07 bits per heavy atom. The molecule has 82 valence electrons. The van der Waals surface area contributed by atoms with Crippen LogP contribution in [0.2, 0.25) is 5.02 Å². The van der Waals surface area contributed by atoms with E-state index in [-0.39, 0.29) is 0 Å². The van der Waals surface area contributed by atoms with Gasteiger partial charge in [0.25, 0.3) is 0 Å². The van der Waals surface area contributed by atoms with E-state index >= 15 is 0 Å². The van der Waals surface area contributed by atoms with E-state index in [1.54, 1.807) is 0 Å². The number of rotatable bonds is 4. The Kier molecular flexibility index (Phi) is 3.37. The second kappa shape index (κ2) is 4.75. The summed E-state index contributed by atoms with van der Waals surface area (Å²) in [5, 5.41) is 4.16. The number of unbranched alkanes of at least 4 members (excludes halogenated alkanes) is 2. The highest BCUT2D eigenvalue weighted by molar-refractivity contribution is 6.31. The van der Waals surface area contributed by atoms with Crippen LogP contribution in [0.5, 0.6) is 0 Å². The van der Waals surface area contributed by atoms with E-state index in [0.29, 0.717) is 0 Å². The third kappa shape index (κ3) is 2.37. The fraction of sp³-hybridized carbons (Fsp3) is 0.500. The molecule has 0 spiro atoms. The van der Waals surface area contributed by atoms with Crippen LogP contribution in [0.3, 0.4) is 0 Å². The first-order chi connectivity index (χ1) is 7.31. The van der Waals surface area contributed by atoms with Crippen molar-refractivity contribution in [3.05, 3.63) is 23.2 Å². The molecule has 15 heavy (non-hydrogen) atoms. The van der Waals surface area contributed by atoms with Crippen LogP contribution in [0.4, 0.5) is 11.4 Å². The van der Waals surface area contributed by atoms with Crippen LogP contribution in [-0.2, 0) is 0 Å². The van der Waals surface area contributed by atoms with Gasteiger partial charge in [-0.15, -0.1) is 0 Å². The number of hydrogen-bond acceptors (Lipinski definition) is 2. The van der Waals surface area contributed by atoms with Crippen LogP contribution < -0.4 is 10.2 Å². The molecule has 0 radical (unpaired) electrons. The summed E-state index contributed by atoms with van der Waals surface area (Å²) in [5.74, 6) is 0. The zero-order valence-electron chi connectivity index (χ0n) is 9.09. The fourth-order valence-corrected chi connectivity index (χ4v) is 2.12. The lowest BCUT2D eigenvalue weighted by atomic mass is 10.2. The smallest absolute Gasteiger partial charge is 0.0877 e. The third-order valence-electron chi connectivity index (χ3n) is 2.79. The zero-order chi connectivity index (χ0) is 10.7. The van der Waals surface area contributed by atoms with E-state index in [2.05, 4.69) is 23.2 Å². The van der Waals surface area contributed by atoms with Gasteiger partial charge in [0.1, 0.15) is 0 Å². The molecule has 0 fully saturated rings. The topological polar surface area (TPSA) is 15.3 Å². The molecule has 1 aromatic carbocycles. The van der Waals surface area contributed by atoms with Gasteiger partial charge in [0.05, 0.1) is 18.0 Å². The second-order valence-electron chi connectivity index (χ2n) is 3.97. The summed E-state index contributed by atoms with van der Waals surface area (Å²) in [6.07, 6.45) is 3.84. The number of anilines is 2. The van der Waals surface area contributed by atoms with E-state index in [0.717, 1.165) is 18.2 Å². The minimum absolute atomic E-state index is 0.802. The molecule has 0 atom stereocenters. The van der Waals surface area contributed by atoms with Crippen LogP contribution in [0.1, 0.15) is 26.2 Å². The van der Waals surface area contributed by atoms with Gasteiger partial charge in [-0.3, -0.25) is 0 Å². The van der Waals surface area contributed by atoms with Crippen LogP contribution in [0.15, 0.2) is 18.2 Å². The van der Waals surface area contributed by atoms with E-state index in [1.807, 2.05) is 12.1 Å². The quantitative estimate of drug-likeness (QED) is 0.785. The van der Waals surface area contributed by atoms with Crippen molar-refractivity contribution in [2.75, 3.05) is 23.4 Å². The zero-order valence-corrected chi connectivity index (χ0v) is 9.85. The first-order valence-electron chi connectivity index (χ1n) is 5.59. The molecule has 1 aliphatic heterocycles. The van der Waals surface area contributed by atoms with Gasteiger partial charge < -0.3 is 10.2 Å². The highest BCUT2D eigenvalue weighted by atomic mass is 35.5. The van der Waals surface area contributed by atoms with Gasteiger partial charge in [0.15, 0.2) is 0 Å². The Labute approximate surface area is 96.2 Å². The molecule has 1 N–H and O–H groups in total. The van der Waals surface area contributed by atoms with Crippen molar-refractivity contribution in [1.29, 1.82) is 0 Å². The Morgan fingerprint density at radius 1 is 1.40 bits per heavy atom. The number of halogens is 1. The number of hydrogen-bond donors (Lipinski definition) is 1. The summed E-state index contributed by atoms with van der Waals surface area (Å²) < 4.78 is 0. The highest BCUT2D eigenvalue weighted by Gasteiger charge is 2.17. The van der Waals surface area contributed by atoms with Gasteiger partial charge in [-0.1, -0.05) is 31.4 Å². The summed E-state index contributed by atoms with van der Waals surface area (Å²) in [4.78, 5) is 2.38. The standard InChI is InChI=1S/C12H17ClN2/c1-2-3-4-7-15-9-14-11-8-10(13)5-6-12(11)15/h5-6,8,14H,2-4,7,9H2,1H3. The first kappa shape index (κ1) is 10.6. The van der Waals surface area contributed by atoms with Gasteiger partial charge in [-0.25, -0.2) is 0 Å². The molecule has 0 amide bonds. The molecule has 0 bridgehead atoms. The molecule has 1 heterocycles. The lowest BCUT2D eigenvalue weighted by molar-refractivity contribution is 0.695. The molecule has 0 aromatic heterocycles. The molecule has 1 aliphatic rings. The monoisotopic (exact) mass is 224 g/mol. The Bertz CT molecular complexity index is 338. The van der Waals surface area contributed by atoms with E-state index < -0.39 is 0 Å². The lowest BCUT2D eigenvalue weighted by Gasteiger charge is -2.17. The summed E-state index contributed by atoms with van der Waals surface area (Å²) in [6.45, 7) is 4.28. The molecule has 0 unspecified atom stereocenters. The number of fused-ring (bicyclic) bond motifs is 1. The van der Waals surface area contributed by atoms with Crippen molar-refractivity contribution in [3.8, 4) is 0 Å². The molecule has 0 saturated carbocycles. The summed E-state index contributed by atoms with van der Waals surface area (Å²) in [6, 6.07) is 6.06. The van der Waals surface area contributed by atoms with Crippen molar-refractivity contribution >= 4 is 23.0 Å². The van der Waals surface area contributed by atoms with Gasteiger partial charge in [0, 0.05) is 11.6 Å². The lowest BCUT2D eigenvalue weighted by Crippen LogP contribution is -2.23. The molecular formula is C12H17ClN2. The molecule has 1 aromatic rings. The molecule has 3 heteroatoms. The molecule has 2 nitrogen and oxygen atoms in total. The van der Waals surface area contributed by atoms with Gasteiger partial charge in [-0.05, 0) is 24.6 Å². The minimum atomic E-state index is 0.802. The van der Waals surface area contributed by atoms with Crippen molar-refractivity contribution in [2.24, 2.45) is 0 Å². The van der Waals surface area contributed by atoms with Gasteiger partial charge >= 0.3 is 0 Å². The molecular weight excluding hydrogens is 208 g/mol. The average molecular weight is 225 g/mol. The maximum Gasteiger partial charge on any atom is 0.0877 e. The maximum atomic E-state index is 5.94. The highest BCUT2D eigenvalue weighted by Crippen LogP contribution is 2.33. The Balaban J connectivity index is 2.02. The van der Waals surface area contributed by atoms with Crippen LogP contribution in [-0.4, -0.2) is 13.2 Å². The van der Waals surface area contributed by atoms with E-state index in [9.17, 15) is 0 Å². The average Bonchev–Trinajstić information content (AvgIpc) is 2.61. The van der Waals surface area contributed by atoms with E-state index in [1.165, 1.54) is 30.6 Å². The van der Waals surface area contributed by atoms with Crippen LogP contribution in [0.25, 0.3) is 0 Å². The number of benzene rings is 1. The van der Waals surface area contributed by atoms with Crippen LogP contribution >= 0.6 is 11.6 Å². The molecule has 2 rings (SSSR count). The fourth-order valence-electron chi connectivity index (χ4n) is 1.94. The Hall–Kier alpha value is -0.890. The predicted octanol–water partition coefficient (Wildman–Crippen LogP) is 3.72. The molecule has 0 saturated heterocycles. The molecule has 0 aliphatic carbocycles. The minimum Gasteiger partial charge on any atom is -0.366 e. The van der Waals surface area contributed by atoms with Crippen molar-refractivity contribution in [3.63, 3.8) is 0 Å². The van der Waals surface area contributed by atoms with E-state index in [4.69, 9.17) is 11.6 Å². The summed E-state index contributed by atoms with van der Waals surface area (Å²) >= 11 is 5.94. The normalized spacial score (nSPS) is 13.9. The largest absolute Gasteiger partial charge is 0.366 e. The Morgan fingerprint density at radius 2 is 2.27 bits per heavy atom. The first-order valence-corrected chi connectivity index (χ1v) is 5.97. The second-order valence-corrected chi connectivity index (χ2v) is 4.40. The van der Waals surface area contributed by atoms with Gasteiger partial charge in [-0.2, -0.15) is 0 Å². The number of nitrogens with zero attached hydrogens (tertiary/aromatic N) is 1. The van der Waals surface area contributed by atoms with Crippen molar-refractivity contribution < 1.29 is 0 Å².